The molecule has 2 N–H and O–H groups in total. The fourth-order valence-corrected chi connectivity index (χ4v) is 5.32. The number of carbonyl (C=O) groups excluding carboxylic acids is 2. The molecule has 12 heteroatoms. The second-order valence-corrected chi connectivity index (χ2v) is 10.8. The number of thiazole rings is 1. The van der Waals surface area contributed by atoms with Crippen molar-refractivity contribution in [2.75, 3.05) is 18.1 Å². The van der Waals surface area contributed by atoms with Gasteiger partial charge in [0.1, 0.15) is 0 Å². The van der Waals surface area contributed by atoms with Crippen LogP contribution in [0, 0.1) is 0 Å². The fraction of sp³-hybridized carbons (Fsp3) is 0.0800. The molecular formula is C25H20N6O4S2. The number of rotatable bonds is 7. The number of amides is 2. The molecule has 0 bridgehead atoms. The summed E-state index contributed by atoms with van der Waals surface area (Å²) in [6.07, 6.45) is 8.56. The second kappa shape index (κ2) is 9.91. The summed E-state index contributed by atoms with van der Waals surface area (Å²) in [5, 5.41) is 7.87. The summed E-state index contributed by atoms with van der Waals surface area (Å²) in [5.41, 5.74) is 4.07. The van der Waals surface area contributed by atoms with Gasteiger partial charge in [0.2, 0.25) is 15.9 Å². The minimum atomic E-state index is -3.65. The van der Waals surface area contributed by atoms with Crippen LogP contribution in [-0.2, 0) is 14.8 Å². The van der Waals surface area contributed by atoms with Crippen molar-refractivity contribution in [3.8, 4) is 22.4 Å². The van der Waals surface area contributed by atoms with Crippen molar-refractivity contribution in [3.63, 3.8) is 0 Å². The third-order valence-electron chi connectivity index (χ3n) is 5.51. The van der Waals surface area contributed by atoms with Crippen LogP contribution >= 0.6 is 11.3 Å². The van der Waals surface area contributed by atoms with E-state index in [1.165, 1.54) is 29.9 Å². The third kappa shape index (κ3) is 5.25. The van der Waals surface area contributed by atoms with Crippen molar-refractivity contribution < 1.29 is 18.0 Å². The Bertz CT molecular complexity index is 1730. The van der Waals surface area contributed by atoms with Crippen LogP contribution in [0.2, 0.25) is 0 Å². The molecule has 5 rings (SSSR count). The Kier molecular flexibility index (Phi) is 6.51. The number of nitrogens with zero attached hydrogens (tertiary/aromatic N) is 4. The van der Waals surface area contributed by atoms with Crippen LogP contribution in [0.15, 0.2) is 78.8 Å². The first-order valence-corrected chi connectivity index (χ1v) is 13.7. The van der Waals surface area contributed by atoms with E-state index in [1.54, 1.807) is 18.5 Å². The summed E-state index contributed by atoms with van der Waals surface area (Å²) in [6.45, 7) is -0.318. The maximum atomic E-state index is 12.8. The minimum Gasteiger partial charge on any atom is -0.343 e. The normalized spacial score (nSPS) is 11.4. The SMILES string of the molecule is CS(=O)(=O)n1cc(C(=O)NCC(=O)Nc2nc(-c3cccc(-c4ccncc4)c3)cs2)c2ccncc21. The Morgan fingerprint density at radius 1 is 1.00 bits per heavy atom. The quantitative estimate of drug-likeness (QED) is 0.328. The van der Waals surface area contributed by atoms with E-state index >= 15 is 0 Å². The topological polar surface area (TPSA) is 136 Å². The van der Waals surface area contributed by atoms with Gasteiger partial charge in [0.05, 0.1) is 35.8 Å². The summed E-state index contributed by atoms with van der Waals surface area (Å²) in [6, 6.07) is 13.3. The van der Waals surface area contributed by atoms with Crippen molar-refractivity contribution in [2.45, 2.75) is 0 Å². The van der Waals surface area contributed by atoms with E-state index in [1.807, 2.05) is 41.8 Å². The van der Waals surface area contributed by atoms with Crippen LogP contribution in [-0.4, -0.2) is 52.0 Å². The third-order valence-corrected chi connectivity index (χ3v) is 7.28. The fourth-order valence-electron chi connectivity index (χ4n) is 3.79. The van der Waals surface area contributed by atoms with Crippen molar-refractivity contribution in [1.82, 2.24) is 24.2 Å². The molecule has 186 valence electrons. The van der Waals surface area contributed by atoms with Crippen molar-refractivity contribution in [2.24, 2.45) is 0 Å². The van der Waals surface area contributed by atoms with Crippen LogP contribution in [0.4, 0.5) is 5.13 Å². The summed E-state index contributed by atoms with van der Waals surface area (Å²) in [7, 11) is -3.65. The number of fused-ring (bicyclic) bond motifs is 1. The van der Waals surface area contributed by atoms with Gasteiger partial charge in [0, 0.05) is 41.1 Å². The molecule has 0 aliphatic rings. The average molecular weight is 533 g/mol. The molecule has 2 amide bonds. The van der Waals surface area contributed by atoms with E-state index in [4.69, 9.17) is 0 Å². The second-order valence-electron chi connectivity index (χ2n) is 8.08. The van der Waals surface area contributed by atoms with Crippen LogP contribution in [0.25, 0.3) is 33.3 Å². The number of anilines is 1. The molecule has 0 unspecified atom stereocenters. The van der Waals surface area contributed by atoms with Crippen LogP contribution < -0.4 is 10.6 Å². The molecule has 0 saturated carbocycles. The molecule has 4 heterocycles. The van der Waals surface area contributed by atoms with Crippen LogP contribution in [0.5, 0.6) is 0 Å². The summed E-state index contributed by atoms with van der Waals surface area (Å²) >= 11 is 1.27. The lowest BCUT2D eigenvalue weighted by molar-refractivity contribution is -0.115. The van der Waals surface area contributed by atoms with Gasteiger partial charge >= 0.3 is 0 Å². The highest BCUT2D eigenvalue weighted by Gasteiger charge is 2.20. The largest absolute Gasteiger partial charge is 0.343 e. The van der Waals surface area contributed by atoms with Gasteiger partial charge in [0.25, 0.3) is 5.91 Å². The molecule has 0 saturated heterocycles. The van der Waals surface area contributed by atoms with Gasteiger partial charge in [-0.2, -0.15) is 0 Å². The van der Waals surface area contributed by atoms with Gasteiger partial charge in [0.15, 0.2) is 5.13 Å². The highest BCUT2D eigenvalue weighted by atomic mass is 32.2. The standard InChI is InChI=1S/C25H20N6O4S2/c1-37(34,35)31-14-20(19-7-10-27-12-22(19)31)24(33)28-13-23(32)30-25-29-21(15-36-25)18-4-2-3-17(11-18)16-5-8-26-9-6-16/h2-12,14-15H,13H2,1H3,(H,28,33)(H,29,30,32). The number of pyridine rings is 2. The molecule has 1 aromatic carbocycles. The minimum absolute atomic E-state index is 0.126. The lowest BCUT2D eigenvalue weighted by Gasteiger charge is -2.05. The molecule has 37 heavy (non-hydrogen) atoms. The average Bonchev–Trinajstić information content (AvgIpc) is 3.53. The number of hydrogen-bond acceptors (Lipinski definition) is 8. The maximum Gasteiger partial charge on any atom is 0.253 e. The Balaban J connectivity index is 1.25. The summed E-state index contributed by atoms with van der Waals surface area (Å²) in [4.78, 5) is 37.7. The maximum absolute atomic E-state index is 12.8. The van der Waals surface area contributed by atoms with E-state index in [0.29, 0.717) is 16.2 Å². The number of benzene rings is 1. The molecule has 4 aromatic heterocycles. The molecule has 0 radical (unpaired) electrons. The highest BCUT2D eigenvalue weighted by molar-refractivity contribution is 7.89. The zero-order chi connectivity index (χ0) is 26.0. The zero-order valence-electron chi connectivity index (χ0n) is 19.5. The smallest absolute Gasteiger partial charge is 0.253 e. The van der Waals surface area contributed by atoms with E-state index in [9.17, 15) is 18.0 Å². The lowest BCUT2D eigenvalue weighted by Crippen LogP contribution is -2.32. The van der Waals surface area contributed by atoms with Crippen molar-refractivity contribution in [1.29, 1.82) is 0 Å². The molecule has 0 fully saturated rings. The molecule has 0 aliphatic carbocycles. The van der Waals surface area contributed by atoms with Crippen molar-refractivity contribution in [3.05, 3.63) is 84.4 Å². The number of hydrogen-bond donors (Lipinski definition) is 2. The Morgan fingerprint density at radius 2 is 1.76 bits per heavy atom. The molecular weight excluding hydrogens is 512 g/mol. The highest BCUT2D eigenvalue weighted by Crippen LogP contribution is 2.28. The number of aromatic nitrogens is 4. The summed E-state index contributed by atoms with van der Waals surface area (Å²) < 4.78 is 25.1. The molecule has 0 atom stereocenters. The van der Waals surface area contributed by atoms with E-state index in [0.717, 1.165) is 26.9 Å². The number of carbonyl (C=O) groups is 2. The molecule has 10 nitrogen and oxygen atoms in total. The van der Waals surface area contributed by atoms with Gasteiger partial charge in [-0.05, 0) is 35.4 Å². The molecule has 5 aromatic rings. The zero-order valence-corrected chi connectivity index (χ0v) is 21.1. The van der Waals surface area contributed by atoms with Crippen molar-refractivity contribution >= 4 is 49.2 Å². The molecule has 0 aliphatic heterocycles. The Labute approximate surface area is 216 Å². The van der Waals surface area contributed by atoms with Crippen LogP contribution in [0.1, 0.15) is 10.4 Å². The first-order valence-electron chi connectivity index (χ1n) is 11.0. The van der Waals surface area contributed by atoms with Gasteiger partial charge in [-0.25, -0.2) is 17.4 Å². The Morgan fingerprint density at radius 3 is 2.54 bits per heavy atom. The van der Waals surface area contributed by atoms with Gasteiger partial charge in [-0.3, -0.25) is 19.6 Å². The van der Waals surface area contributed by atoms with E-state index < -0.39 is 21.8 Å². The van der Waals surface area contributed by atoms with Crippen LogP contribution in [0.3, 0.4) is 0 Å². The van der Waals surface area contributed by atoms with Gasteiger partial charge in [-0.1, -0.05) is 18.2 Å². The van der Waals surface area contributed by atoms with E-state index in [2.05, 4.69) is 25.6 Å². The van der Waals surface area contributed by atoms with Gasteiger partial charge < -0.3 is 10.6 Å². The van der Waals surface area contributed by atoms with E-state index in [-0.39, 0.29) is 17.6 Å². The summed E-state index contributed by atoms with van der Waals surface area (Å²) in [5.74, 6) is -1.05. The van der Waals surface area contributed by atoms with Gasteiger partial charge in [-0.15, -0.1) is 11.3 Å². The first-order chi connectivity index (χ1) is 17.8. The lowest BCUT2D eigenvalue weighted by atomic mass is 10.0. The predicted molar refractivity (Wildman–Crippen MR) is 142 cm³/mol. The molecule has 0 spiro atoms. The first kappa shape index (κ1) is 24.3. The predicted octanol–water partition coefficient (Wildman–Crippen LogP) is 3.40. The monoisotopic (exact) mass is 532 g/mol. The Hall–Kier alpha value is -4.42. The number of nitrogens with one attached hydrogen (secondary N) is 2.